The van der Waals surface area contributed by atoms with E-state index in [4.69, 9.17) is 0 Å². The average Bonchev–Trinajstić information content (AvgIpc) is 3.06. The Morgan fingerprint density at radius 3 is 2.44 bits per heavy atom. The Balaban J connectivity index is 1.39. The van der Waals surface area contributed by atoms with E-state index in [0.29, 0.717) is 0 Å². The lowest BCUT2D eigenvalue weighted by Crippen LogP contribution is -2.20. The predicted molar refractivity (Wildman–Crippen MR) is 110 cm³/mol. The van der Waals surface area contributed by atoms with Crippen LogP contribution in [0, 0.1) is 6.92 Å². The first kappa shape index (κ1) is 17.3. The molecule has 0 bridgehead atoms. The standard InChI is InChI=1S/C23H23N3O/c1-17-7-5-6-10-22(17)25-23(27)24-21-12-11-19-15-26(16-20(19)13-21)14-18-8-3-2-4-9-18/h2-13H,14-16H2,1H3,(H2,24,25,27). The highest BCUT2D eigenvalue weighted by atomic mass is 16.2. The van der Waals surface area contributed by atoms with Crippen LogP contribution in [0.4, 0.5) is 16.2 Å². The van der Waals surface area contributed by atoms with Crippen LogP contribution in [0.15, 0.2) is 72.8 Å². The summed E-state index contributed by atoms with van der Waals surface area (Å²) in [7, 11) is 0. The molecule has 0 radical (unpaired) electrons. The van der Waals surface area contributed by atoms with Crippen LogP contribution in [0.3, 0.4) is 0 Å². The summed E-state index contributed by atoms with van der Waals surface area (Å²) in [5.74, 6) is 0. The Morgan fingerprint density at radius 1 is 0.889 bits per heavy atom. The second kappa shape index (κ2) is 7.64. The molecule has 0 unspecified atom stereocenters. The van der Waals surface area contributed by atoms with Gasteiger partial charge >= 0.3 is 6.03 Å². The first-order valence-electron chi connectivity index (χ1n) is 9.19. The third-order valence-corrected chi connectivity index (χ3v) is 4.89. The third kappa shape index (κ3) is 4.18. The Bertz CT molecular complexity index is 953. The number of urea groups is 1. The number of anilines is 2. The van der Waals surface area contributed by atoms with E-state index >= 15 is 0 Å². The fraction of sp³-hybridized carbons (Fsp3) is 0.174. The zero-order valence-electron chi connectivity index (χ0n) is 15.4. The lowest BCUT2D eigenvalue weighted by Gasteiger charge is -2.14. The predicted octanol–water partition coefficient (Wildman–Crippen LogP) is 5.15. The van der Waals surface area contributed by atoms with Crippen molar-refractivity contribution < 1.29 is 4.79 Å². The summed E-state index contributed by atoms with van der Waals surface area (Å²) < 4.78 is 0. The number of benzene rings is 3. The van der Waals surface area contributed by atoms with Gasteiger partial charge in [0.25, 0.3) is 0 Å². The Labute approximate surface area is 159 Å². The molecule has 1 aliphatic heterocycles. The van der Waals surface area contributed by atoms with E-state index in [1.54, 1.807) is 0 Å². The van der Waals surface area contributed by atoms with Gasteiger partial charge in [-0.1, -0.05) is 54.6 Å². The average molecular weight is 357 g/mol. The molecule has 0 aromatic heterocycles. The van der Waals surface area contributed by atoms with Gasteiger partial charge in [-0.3, -0.25) is 4.90 Å². The number of hydrogen-bond donors (Lipinski definition) is 2. The lowest BCUT2D eigenvalue weighted by molar-refractivity contribution is 0.262. The van der Waals surface area contributed by atoms with Crippen LogP contribution in [0.1, 0.15) is 22.3 Å². The molecule has 0 saturated carbocycles. The van der Waals surface area contributed by atoms with Gasteiger partial charge < -0.3 is 10.6 Å². The summed E-state index contributed by atoms with van der Waals surface area (Å²) in [5, 5.41) is 5.85. The van der Waals surface area contributed by atoms with Gasteiger partial charge in [0.1, 0.15) is 0 Å². The number of para-hydroxylation sites is 1. The summed E-state index contributed by atoms with van der Waals surface area (Å²) in [6.45, 7) is 4.76. The molecular weight excluding hydrogens is 334 g/mol. The second-order valence-electron chi connectivity index (χ2n) is 7.01. The molecule has 1 aliphatic rings. The molecule has 0 fully saturated rings. The third-order valence-electron chi connectivity index (χ3n) is 4.89. The second-order valence-corrected chi connectivity index (χ2v) is 7.01. The number of hydrogen-bond acceptors (Lipinski definition) is 2. The molecule has 27 heavy (non-hydrogen) atoms. The Morgan fingerprint density at radius 2 is 1.63 bits per heavy atom. The molecule has 136 valence electrons. The van der Waals surface area contributed by atoms with E-state index in [0.717, 1.165) is 36.6 Å². The molecule has 3 aromatic carbocycles. The minimum atomic E-state index is -0.219. The molecule has 4 rings (SSSR count). The molecular formula is C23H23N3O. The Kier molecular flexibility index (Phi) is 4.90. The summed E-state index contributed by atoms with van der Waals surface area (Å²) in [4.78, 5) is 14.7. The first-order chi connectivity index (χ1) is 13.2. The number of amides is 2. The van der Waals surface area contributed by atoms with Crippen LogP contribution in [-0.2, 0) is 19.6 Å². The van der Waals surface area contributed by atoms with Gasteiger partial charge in [0, 0.05) is 31.0 Å². The highest BCUT2D eigenvalue weighted by Crippen LogP contribution is 2.27. The van der Waals surface area contributed by atoms with E-state index in [-0.39, 0.29) is 6.03 Å². The van der Waals surface area contributed by atoms with Crippen LogP contribution in [0.2, 0.25) is 0 Å². The van der Waals surface area contributed by atoms with Gasteiger partial charge in [0.15, 0.2) is 0 Å². The van der Waals surface area contributed by atoms with Gasteiger partial charge in [-0.2, -0.15) is 0 Å². The minimum absolute atomic E-state index is 0.219. The van der Waals surface area contributed by atoms with Crippen molar-refractivity contribution in [2.45, 2.75) is 26.6 Å². The van der Waals surface area contributed by atoms with Crippen LogP contribution >= 0.6 is 0 Å². The van der Waals surface area contributed by atoms with E-state index in [2.05, 4.69) is 51.9 Å². The quantitative estimate of drug-likeness (QED) is 0.678. The molecule has 0 spiro atoms. The fourth-order valence-corrected chi connectivity index (χ4v) is 3.49. The number of carbonyl (C=O) groups is 1. The van der Waals surface area contributed by atoms with Gasteiger partial charge in [-0.05, 0) is 47.4 Å². The topological polar surface area (TPSA) is 44.4 Å². The fourth-order valence-electron chi connectivity index (χ4n) is 3.49. The van der Waals surface area contributed by atoms with Gasteiger partial charge in [-0.25, -0.2) is 4.79 Å². The molecule has 1 heterocycles. The normalized spacial score (nSPS) is 13.2. The Hall–Kier alpha value is -3.11. The number of aryl methyl sites for hydroxylation is 1. The molecule has 0 atom stereocenters. The zero-order chi connectivity index (χ0) is 18.6. The number of carbonyl (C=O) groups excluding carboxylic acids is 1. The van der Waals surface area contributed by atoms with Crippen LogP contribution in [0.5, 0.6) is 0 Å². The molecule has 2 N–H and O–H groups in total. The monoisotopic (exact) mass is 357 g/mol. The highest BCUT2D eigenvalue weighted by Gasteiger charge is 2.19. The summed E-state index contributed by atoms with van der Waals surface area (Å²) >= 11 is 0. The SMILES string of the molecule is Cc1ccccc1NC(=O)Nc1ccc2c(c1)CN(Cc1ccccc1)C2. The van der Waals surface area contributed by atoms with Crippen LogP contribution < -0.4 is 10.6 Å². The first-order valence-corrected chi connectivity index (χ1v) is 9.19. The molecule has 3 aromatic rings. The van der Waals surface area contributed by atoms with Crippen LogP contribution in [-0.4, -0.2) is 10.9 Å². The molecule has 2 amide bonds. The minimum Gasteiger partial charge on any atom is -0.308 e. The summed E-state index contributed by atoms with van der Waals surface area (Å²) in [6.07, 6.45) is 0. The molecule has 0 aliphatic carbocycles. The van der Waals surface area contributed by atoms with Crippen molar-refractivity contribution in [2.75, 3.05) is 10.6 Å². The number of fused-ring (bicyclic) bond motifs is 1. The van der Waals surface area contributed by atoms with E-state index in [9.17, 15) is 4.79 Å². The van der Waals surface area contributed by atoms with Gasteiger partial charge in [0.2, 0.25) is 0 Å². The van der Waals surface area contributed by atoms with Crippen molar-refractivity contribution in [3.05, 3.63) is 95.1 Å². The van der Waals surface area contributed by atoms with Crippen molar-refractivity contribution >= 4 is 17.4 Å². The van der Waals surface area contributed by atoms with Crippen molar-refractivity contribution in [3.63, 3.8) is 0 Å². The molecule has 4 heteroatoms. The van der Waals surface area contributed by atoms with E-state index in [1.165, 1.54) is 16.7 Å². The summed E-state index contributed by atoms with van der Waals surface area (Å²) in [5.41, 5.74) is 6.61. The van der Waals surface area contributed by atoms with Crippen molar-refractivity contribution in [1.29, 1.82) is 0 Å². The maximum atomic E-state index is 12.3. The molecule has 0 saturated heterocycles. The smallest absolute Gasteiger partial charge is 0.308 e. The van der Waals surface area contributed by atoms with E-state index in [1.807, 2.05) is 43.3 Å². The summed E-state index contributed by atoms with van der Waals surface area (Å²) in [6, 6.07) is 24.2. The van der Waals surface area contributed by atoms with Gasteiger partial charge in [-0.15, -0.1) is 0 Å². The van der Waals surface area contributed by atoms with Crippen LogP contribution in [0.25, 0.3) is 0 Å². The van der Waals surface area contributed by atoms with Crippen molar-refractivity contribution in [1.82, 2.24) is 4.90 Å². The largest absolute Gasteiger partial charge is 0.323 e. The van der Waals surface area contributed by atoms with Gasteiger partial charge in [0.05, 0.1) is 0 Å². The molecule has 4 nitrogen and oxygen atoms in total. The zero-order valence-corrected chi connectivity index (χ0v) is 15.4. The number of nitrogens with zero attached hydrogens (tertiary/aromatic N) is 1. The van der Waals surface area contributed by atoms with Crippen molar-refractivity contribution in [3.8, 4) is 0 Å². The maximum Gasteiger partial charge on any atom is 0.323 e. The lowest BCUT2D eigenvalue weighted by atomic mass is 10.1. The number of rotatable bonds is 4. The number of nitrogens with one attached hydrogen (secondary N) is 2. The highest BCUT2D eigenvalue weighted by molar-refractivity contribution is 6.00. The maximum absolute atomic E-state index is 12.3. The van der Waals surface area contributed by atoms with E-state index < -0.39 is 0 Å². The van der Waals surface area contributed by atoms with Crippen molar-refractivity contribution in [2.24, 2.45) is 0 Å².